The highest BCUT2D eigenvalue weighted by Crippen LogP contribution is 2.17. The molecule has 0 bridgehead atoms. The number of carbonyl (C=O) groups is 1. The summed E-state index contributed by atoms with van der Waals surface area (Å²) in [6.45, 7) is 6.90. The van der Waals surface area contributed by atoms with Gasteiger partial charge in [-0.3, -0.25) is 4.79 Å². The average molecular weight is 305 g/mol. The first-order chi connectivity index (χ1) is 10.6. The second-order valence-electron chi connectivity index (χ2n) is 6.16. The van der Waals surface area contributed by atoms with E-state index in [9.17, 15) is 4.79 Å². The van der Waals surface area contributed by atoms with Crippen LogP contribution in [0, 0.1) is 0 Å². The van der Waals surface area contributed by atoms with Gasteiger partial charge in [-0.15, -0.1) is 0 Å². The van der Waals surface area contributed by atoms with Gasteiger partial charge in [-0.2, -0.15) is 0 Å². The van der Waals surface area contributed by atoms with E-state index in [0.29, 0.717) is 25.5 Å². The minimum absolute atomic E-state index is 0.0113. The normalized spacial score (nSPS) is 19.9. The van der Waals surface area contributed by atoms with Gasteiger partial charge in [-0.1, -0.05) is 38.1 Å². The van der Waals surface area contributed by atoms with Gasteiger partial charge in [-0.05, 0) is 17.0 Å². The van der Waals surface area contributed by atoms with Gasteiger partial charge < -0.3 is 21.1 Å². The van der Waals surface area contributed by atoms with E-state index in [-0.39, 0.29) is 18.0 Å². The third-order valence-electron chi connectivity index (χ3n) is 3.98. The molecule has 0 saturated carbocycles. The Hall–Kier alpha value is -1.43. The van der Waals surface area contributed by atoms with E-state index < -0.39 is 0 Å². The van der Waals surface area contributed by atoms with Crippen LogP contribution >= 0.6 is 0 Å². The Bertz CT molecular complexity index is 467. The summed E-state index contributed by atoms with van der Waals surface area (Å²) in [7, 11) is 0. The molecule has 1 heterocycles. The molecule has 1 aromatic rings. The molecule has 2 rings (SSSR count). The van der Waals surface area contributed by atoms with Crippen molar-refractivity contribution in [2.75, 3.05) is 26.3 Å². The van der Waals surface area contributed by atoms with Gasteiger partial charge in [0.2, 0.25) is 5.91 Å². The zero-order valence-electron chi connectivity index (χ0n) is 13.5. The topological polar surface area (TPSA) is 76.4 Å². The summed E-state index contributed by atoms with van der Waals surface area (Å²) < 4.78 is 5.34. The van der Waals surface area contributed by atoms with Crippen molar-refractivity contribution in [2.24, 2.45) is 5.73 Å². The van der Waals surface area contributed by atoms with Gasteiger partial charge in [0.25, 0.3) is 0 Å². The first-order valence-corrected chi connectivity index (χ1v) is 7.99. The van der Waals surface area contributed by atoms with Crippen molar-refractivity contribution in [3.05, 3.63) is 35.4 Å². The molecule has 22 heavy (non-hydrogen) atoms. The number of hydrogen-bond donors (Lipinski definition) is 3. The van der Waals surface area contributed by atoms with Crippen LogP contribution in [0.25, 0.3) is 0 Å². The quantitative estimate of drug-likeness (QED) is 0.740. The maximum Gasteiger partial charge on any atom is 0.221 e. The van der Waals surface area contributed by atoms with E-state index in [0.717, 1.165) is 18.7 Å². The minimum Gasteiger partial charge on any atom is -0.378 e. The lowest BCUT2D eigenvalue weighted by Gasteiger charge is -2.23. The Morgan fingerprint density at radius 2 is 2.05 bits per heavy atom. The van der Waals surface area contributed by atoms with Crippen LogP contribution in [-0.4, -0.2) is 38.3 Å². The van der Waals surface area contributed by atoms with Crippen molar-refractivity contribution >= 4 is 5.91 Å². The van der Waals surface area contributed by atoms with Gasteiger partial charge >= 0.3 is 0 Å². The van der Waals surface area contributed by atoms with E-state index >= 15 is 0 Å². The molecule has 2 atom stereocenters. The molecule has 2 unspecified atom stereocenters. The SMILES string of the molecule is CC(C)c1ccc(C(N)CNC(=O)CC2COCCN2)cc1. The Morgan fingerprint density at radius 3 is 2.64 bits per heavy atom. The Labute approximate surface area is 132 Å². The number of carbonyl (C=O) groups excluding carboxylic acids is 1. The lowest BCUT2D eigenvalue weighted by Crippen LogP contribution is -2.44. The molecule has 0 radical (unpaired) electrons. The molecule has 1 fully saturated rings. The van der Waals surface area contributed by atoms with Crippen molar-refractivity contribution in [2.45, 2.75) is 38.3 Å². The maximum atomic E-state index is 11.9. The van der Waals surface area contributed by atoms with Crippen LogP contribution in [0.1, 0.15) is 43.4 Å². The van der Waals surface area contributed by atoms with Crippen LogP contribution in [0.15, 0.2) is 24.3 Å². The molecule has 1 aliphatic rings. The zero-order chi connectivity index (χ0) is 15.9. The molecule has 0 aliphatic carbocycles. The van der Waals surface area contributed by atoms with Crippen molar-refractivity contribution in [1.29, 1.82) is 0 Å². The Kier molecular flexibility index (Phi) is 6.36. The summed E-state index contributed by atoms with van der Waals surface area (Å²) in [5.41, 5.74) is 8.49. The summed E-state index contributed by atoms with van der Waals surface area (Å²) in [5, 5.41) is 6.18. The number of nitrogens with two attached hydrogens (primary N) is 1. The van der Waals surface area contributed by atoms with Gasteiger partial charge in [0.15, 0.2) is 0 Å². The van der Waals surface area contributed by atoms with Crippen LogP contribution in [0.2, 0.25) is 0 Å². The predicted octanol–water partition coefficient (Wildman–Crippen LogP) is 1.30. The average Bonchev–Trinajstić information content (AvgIpc) is 2.53. The minimum atomic E-state index is -0.180. The molecular weight excluding hydrogens is 278 g/mol. The maximum absolute atomic E-state index is 11.9. The number of ether oxygens (including phenoxy) is 1. The second-order valence-corrected chi connectivity index (χ2v) is 6.16. The molecule has 5 nitrogen and oxygen atoms in total. The van der Waals surface area contributed by atoms with E-state index in [2.05, 4.69) is 36.6 Å². The first kappa shape index (κ1) is 16.9. The number of nitrogens with one attached hydrogen (secondary N) is 2. The third kappa shape index (κ3) is 5.09. The summed E-state index contributed by atoms with van der Waals surface area (Å²) in [5.74, 6) is 0.521. The van der Waals surface area contributed by atoms with E-state index in [1.807, 2.05) is 12.1 Å². The van der Waals surface area contributed by atoms with E-state index in [4.69, 9.17) is 10.5 Å². The van der Waals surface area contributed by atoms with E-state index in [1.165, 1.54) is 5.56 Å². The Morgan fingerprint density at radius 1 is 1.36 bits per heavy atom. The molecule has 1 amide bonds. The standard InChI is InChI=1S/C17H27N3O2/c1-12(2)13-3-5-14(6-4-13)16(18)10-20-17(21)9-15-11-22-8-7-19-15/h3-6,12,15-16,19H,7-11,18H2,1-2H3,(H,20,21). The smallest absolute Gasteiger partial charge is 0.221 e. The molecule has 4 N–H and O–H groups in total. The molecule has 0 spiro atoms. The van der Waals surface area contributed by atoms with Crippen LogP contribution in [-0.2, 0) is 9.53 Å². The monoisotopic (exact) mass is 305 g/mol. The van der Waals surface area contributed by atoms with Crippen LogP contribution in [0.3, 0.4) is 0 Å². The number of amides is 1. The second kappa shape index (κ2) is 8.27. The van der Waals surface area contributed by atoms with Crippen molar-refractivity contribution in [3.8, 4) is 0 Å². The fourth-order valence-electron chi connectivity index (χ4n) is 2.52. The van der Waals surface area contributed by atoms with Gasteiger partial charge in [0, 0.05) is 31.6 Å². The van der Waals surface area contributed by atoms with Crippen LogP contribution < -0.4 is 16.4 Å². The molecule has 1 aliphatic heterocycles. The van der Waals surface area contributed by atoms with Gasteiger partial charge in [0.05, 0.1) is 13.2 Å². The fourth-order valence-corrected chi connectivity index (χ4v) is 2.52. The predicted molar refractivity (Wildman–Crippen MR) is 87.7 cm³/mol. The summed E-state index contributed by atoms with van der Waals surface area (Å²) in [6.07, 6.45) is 0.430. The van der Waals surface area contributed by atoms with Crippen LogP contribution in [0.5, 0.6) is 0 Å². The summed E-state index contributed by atoms with van der Waals surface area (Å²) >= 11 is 0. The van der Waals surface area contributed by atoms with Crippen molar-refractivity contribution in [1.82, 2.24) is 10.6 Å². The van der Waals surface area contributed by atoms with Gasteiger partial charge in [-0.25, -0.2) is 0 Å². The van der Waals surface area contributed by atoms with Gasteiger partial charge in [0.1, 0.15) is 0 Å². The van der Waals surface area contributed by atoms with E-state index in [1.54, 1.807) is 0 Å². The fraction of sp³-hybridized carbons (Fsp3) is 0.588. The number of benzene rings is 1. The number of hydrogen-bond acceptors (Lipinski definition) is 4. The lowest BCUT2D eigenvalue weighted by molar-refractivity contribution is -0.122. The molecular formula is C17H27N3O2. The number of morpholine rings is 1. The molecule has 0 aromatic heterocycles. The Balaban J connectivity index is 1.76. The molecule has 1 aromatic carbocycles. The molecule has 1 saturated heterocycles. The highest BCUT2D eigenvalue weighted by atomic mass is 16.5. The highest BCUT2D eigenvalue weighted by Gasteiger charge is 2.17. The first-order valence-electron chi connectivity index (χ1n) is 7.99. The zero-order valence-corrected chi connectivity index (χ0v) is 13.5. The molecule has 5 heteroatoms. The highest BCUT2D eigenvalue weighted by molar-refractivity contribution is 5.76. The van der Waals surface area contributed by atoms with Crippen molar-refractivity contribution in [3.63, 3.8) is 0 Å². The van der Waals surface area contributed by atoms with Crippen molar-refractivity contribution < 1.29 is 9.53 Å². The summed E-state index contributed by atoms with van der Waals surface area (Å²) in [4.78, 5) is 11.9. The number of rotatable bonds is 6. The largest absolute Gasteiger partial charge is 0.378 e. The lowest BCUT2D eigenvalue weighted by atomic mass is 9.99. The molecule has 122 valence electrons. The van der Waals surface area contributed by atoms with Crippen LogP contribution in [0.4, 0.5) is 0 Å². The summed E-state index contributed by atoms with van der Waals surface area (Å²) in [6, 6.07) is 8.22. The third-order valence-corrected chi connectivity index (χ3v) is 3.98.